The fourth-order valence-corrected chi connectivity index (χ4v) is 4.67. The Morgan fingerprint density at radius 3 is 2.58 bits per heavy atom. The molecule has 2 fully saturated rings. The van der Waals surface area contributed by atoms with Crippen LogP contribution in [0, 0.1) is 18.2 Å². The van der Waals surface area contributed by atoms with Gasteiger partial charge in [-0.25, -0.2) is 4.39 Å². The number of rotatable bonds is 2. The number of nitrogens with one attached hydrogen (secondary N) is 1. The molecule has 0 atom stereocenters. The Balaban J connectivity index is 1.47. The van der Waals surface area contributed by atoms with Gasteiger partial charge in [-0.2, -0.15) is 0 Å². The molecule has 3 aromatic rings. The third-order valence-corrected chi connectivity index (χ3v) is 6.19. The van der Waals surface area contributed by atoms with E-state index < -0.39 is 0 Å². The normalized spacial score (nSPS) is 19.1. The Morgan fingerprint density at radius 2 is 1.77 bits per heavy atom. The van der Waals surface area contributed by atoms with Gasteiger partial charge in [0.1, 0.15) is 5.82 Å². The number of piperidine rings is 1. The second kappa shape index (κ2) is 5.85. The van der Waals surface area contributed by atoms with Gasteiger partial charge in [-0.15, -0.1) is 0 Å². The Labute approximate surface area is 153 Å². The smallest absolute Gasteiger partial charge is 0.132 e. The molecule has 0 unspecified atom stereocenters. The number of aromatic nitrogens is 1. The fourth-order valence-electron chi connectivity index (χ4n) is 4.67. The number of benzene rings is 2. The molecule has 26 heavy (non-hydrogen) atoms. The monoisotopic (exact) mass is 349 g/mol. The van der Waals surface area contributed by atoms with Gasteiger partial charge in [0.2, 0.25) is 0 Å². The molecule has 0 saturated carbocycles. The standard InChI is InChI=1S/C22H24FN3/c1-16-5-6-20(23)19-7-12-26(21(16)19)18-4-2-3-17(13-18)25-14-22(15-25)8-10-24-11-9-22/h2-7,12-13,24H,8-11,14-15H2,1H3. The first-order chi connectivity index (χ1) is 12.7. The summed E-state index contributed by atoms with van der Waals surface area (Å²) in [7, 11) is 0. The van der Waals surface area contributed by atoms with Gasteiger partial charge in [0.15, 0.2) is 0 Å². The highest BCUT2D eigenvalue weighted by Crippen LogP contribution is 2.41. The molecule has 0 bridgehead atoms. The molecule has 0 amide bonds. The maximum Gasteiger partial charge on any atom is 0.132 e. The van der Waals surface area contributed by atoms with Crippen LogP contribution in [0.15, 0.2) is 48.7 Å². The summed E-state index contributed by atoms with van der Waals surface area (Å²) in [6.45, 7) is 6.64. The van der Waals surface area contributed by atoms with Crippen LogP contribution in [0.25, 0.3) is 16.6 Å². The third kappa shape index (κ3) is 2.43. The van der Waals surface area contributed by atoms with E-state index in [2.05, 4.69) is 39.0 Å². The van der Waals surface area contributed by atoms with E-state index >= 15 is 0 Å². The molecule has 4 heteroatoms. The van der Waals surface area contributed by atoms with E-state index in [9.17, 15) is 4.39 Å². The summed E-state index contributed by atoms with van der Waals surface area (Å²) in [5.74, 6) is -0.156. The summed E-state index contributed by atoms with van der Waals surface area (Å²) in [5.41, 5.74) is 4.93. The summed E-state index contributed by atoms with van der Waals surface area (Å²) >= 11 is 0. The number of halogens is 1. The zero-order valence-electron chi connectivity index (χ0n) is 15.1. The average Bonchev–Trinajstić information content (AvgIpc) is 3.10. The van der Waals surface area contributed by atoms with Crippen LogP contribution < -0.4 is 10.2 Å². The molecular weight excluding hydrogens is 325 g/mol. The minimum atomic E-state index is -0.156. The average molecular weight is 349 g/mol. The molecule has 0 aliphatic carbocycles. The summed E-state index contributed by atoms with van der Waals surface area (Å²) in [5, 5.41) is 4.15. The highest BCUT2D eigenvalue weighted by molar-refractivity contribution is 5.85. The van der Waals surface area contributed by atoms with Crippen LogP contribution in [0.5, 0.6) is 0 Å². The highest BCUT2D eigenvalue weighted by Gasteiger charge is 2.43. The van der Waals surface area contributed by atoms with Gasteiger partial charge in [0, 0.05) is 41.5 Å². The minimum absolute atomic E-state index is 0.156. The van der Waals surface area contributed by atoms with Crippen molar-refractivity contribution in [2.24, 2.45) is 5.41 Å². The van der Waals surface area contributed by atoms with Crippen LogP contribution in [0.2, 0.25) is 0 Å². The molecule has 2 aliphatic heterocycles. The number of fused-ring (bicyclic) bond motifs is 1. The lowest BCUT2D eigenvalue weighted by molar-refractivity contribution is 0.150. The number of hydrogen-bond donors (Lipinski definition) is 1. The summed E-state index contributed by atoms with van der Waals surface area (Å²) in [4.78, 5) is 2.48. The van der Waals surface area contributed by atoms with Crippen LogP contribution in [0.1, 0.15) is 18.4 Å². The van der Waals surface area contributed by atoms with E-state index in [1.54, 1.807) is 6.07 Å². The Bertz CT molecular complexity index is 961. The van der Waals surface area contributed by atoms with Gasteiger partial charge in [-0.05, 0) is 68.8 Å². The van der Waals surface area contributed by atoms with Crippen molar-refractivity contribution in [1.29, 1.82) is 0 Å². The fraction of sp³-hybridized carbons (Fsp3) is 0.364. The van der Waals surface area contributed by atoms with Crippen molar-refractivity contribution in [3.05, 3.63) is 60.0 Å². The molecule has 3 heterocycles. The van der Waals surface area contributed by atoms with Crippen molar-refractivity contribution >= 4 is 16.6 Å². The van der Waals surface area contributed by atoms with E-state index in [1.165, 1.54) is 18.5 Å². The van der Waals surface area contributed by atoms with E-state index in [0.717, 1.165) is 42.9 Å². The number of aryl methyl sites for hydroxylation is 1. The quantitative estimate of drug-likeness (QED) is 0.746. The van der Waals surface area contributed by atoms with E-state index in [1.807, 2.05) is 25.3 Å². The molecule has 0 radical (unpaired) electrons. The second-order valence-corrected chi connectivity index (χ2v) is 7.94. The lowest BCUT2D eigenvalue weighted by Crippen LogP contribution is -2.60. The molecule has 1 aromatic heterocycles. The van der Waals surface area contributed by atoms with Gasteiger partial charge >= 0.3 is 0 Å². The molecule has 2 aromatic carbocycles. The molecule has 5 rings (SSSR count). The summed E-state index contributed by atoms with van der Waals surface area (Å²) < 4.78 is 16.3. The number of anilines is 1. The molecule has 2 aliphatic rings. The summed E-state index contributed by atoms with van der Waals surface area (Å²) in [6.07, 6.45) is 4.54. The zero-order valence-corrected chi connectivity index (χ0v) is 15.1. The van der Waals surface area contributed by atoms with Gasteiger partial charge in [-0.3, -0.25) is 0 Å². The second-order valence-electron chi connectivity index (χ2n) is 7.94. The van der Waals surface area contributed by atoms with Crippen molar-refractivity contribution < 1.29 is 4.39 Å². The van der Waals surface area contributed by atoms with Crippen LogP contribution in [-0.4, -0.2) is 30.7 Å². The van der Waals surface area contributed by atoms with Gasteiger partial charge in [0.05, 0.1) is 5.52 Å². The van der Waals surface area contributed by atoms with Gasteiger partial charge in [-0.1, -0.05) is 12.1 Å². The molecule has 2 saturated heterocycles. The lowest BCUT2D eigenvalue weighted by Gasteiger charge is -2.53. The van der Waals surface area contributed by atoms with Crippen LogP contribution in [-0.2, 0) is 0 Å². The topological polar surface area (TPSA) is 20.2 Å². The Morgan fingerprint density at radius 1 is 1.00 bits per heavy atom. The SMILES string of the molecule is Cc1ccc(F)c2ccn(-c3cccc(N4CC5(CCNCC5)C4)c3)c12. The minimum Gasteiger partial charge on any atom is -0.370 e. The van der Waals surface area contributed by atoms with Crippen LogP contribution in [0.3, 0.4) is 0 Å². The van der Waals surface area contributed by atoms with Crippen molar-refractivity contribution in [3.63, 3.8) is 0 Å². The first kappa shape index (κ1) is 15.9. The molecule has 134 valence electrons. The Hall–Kier alpha value is -2.33. The van der Waals surface area contributed by atoms with Gasteiger partial charge < -0.3 is 14.8 Å². The van der Waals surface area contributed by atoms with E-state index in [4.69, 9.17) is 0 Å². The van der Waals surface area contributed by atoms with Crippen LogP contribution >= 0.6 is 0 Å². The first-order valence-electron chi connectivity index (χ1n) is 9.48. The van der Waals surface area contributed by atoms with Crippen LogP contribution in [0.4, 0.5) is 10.1 Å². The van der Waals surface area contributed by atoms with Crippen molar-refractivity contribution in [2.75, 3.05) is 31.1 Å². The van der Waals surface area contributed by atoms with E-state index in [-0.39, 0.29) is 5.82 Å². The van der Waals surface area contributed by atoms with Crippen molar-refractivity contribution in [3.8, 4) is 5.69 Å². The summed E-state index contributed by atoms with van der Waals surface area (Å²) in [6, 6.07) is 13.9. The van der Waals surface area contributed by atoms with Crippen molar-refractivity contribution in [1.82, 2.24) is 9.88 Å². The third-order valence-electron chi connectivity index (χ3n) is 6.19. The van der Waals surface area contributed by atoms with E-state index in [0.29, 0.717) is 10.8 Å². The lowest BCUT2D eigenvalue weighted by atomic mass is 9.72. The number of hydrogen-bond acceptors (Lipinski definition) is 2. The molecule has 3 nitrogen and oxygen atoms in total. The maximum atomic E-state index is 14.1. The zero-order chi connectivity index (χ0) is 17.7. The largest absolute Gasteiger partial charge is 0.370 e. The predicted octanol–water partition coefficient (Wildman–Crippen LogP) is 4.27. The molecule has 1 spiro atoms. The highest BCUT2D eigenvalue weighted by atomic mass is 19.1. The Kier molecular flexibility index (Phi) is 3.57. The number of nitrogens with zero attached hydrogens (tertiary/aromatic N) is 2. The maximum absolute atomic E-state index is 14.1. The van der Waals surface area contributed by atoms with Gasteiger partial charge in [0.25, 0.3) is 0 Å². The molecular formula is C22H24FN3. The predicted molar refractivity (Wildman–Crippen MR) is 105 cm³/mol. The first-order valence-corrected chi connectivity index (χ1v) is 9.48. The van der Waals surface area contributed by atoms with Crippen molar-refractivity contribution in [2.45, 2.75) is 19.8 Å². The molecule has 1 N–H and O–H groups in total.